The van der Waals surface area contributed by atoms with Crippen LogP contribution in [-0.2, 0) is 0 Å². The highest BCUT2D eigenvalue weighted by Crippen LogP contribution is 2.47. The van der Waals surface area contributed by atoms with Gasteiger partial charge in [0.1, 0.15) is 0 Å². The smallest absolute Gasteiger partial charge is 0.0905 e. The van der Waals surface area contributed by atoms with E-state index in [0.29, 0.717) is 10.8 Å². The Morgan fingerprint density at radius 3 is 2.73 bits per heavy atom. The lowest BCUT2D eigenvalue weighted by molar-refractivity contribution is -0.914. The summed E-state index contributed by atoms with van der Waals surface area (Å²) in [4.78, 5) is 1.70. The molecule has 1 saturated heterocycles. The van der Waals surface area contributed by atoms with Crippen molar-refractivity contribution in [2.75, 3.05) is 13.1 Å². The number of nitrogens with one attached hydrogen (secondary N) is 1. The molecule has 0 amide bonds. The van der Waals surface area contributed by atoms with Crippen LogP contribution in [0.2, 0.25) is 0 Å². The number of likely N-dealkylation sites (tertiary alicyclic amines) is 1. The maximum Gasteiger partial charge on any atom is 0.0905 e. The van der Waals surface area contributed by atoms with E-state index in [0.717, 1.165) is 19.0 Å². The average Bonchev–Trinajstić information content (AvgIpc) is 2.31. The highest BCUT2D eigenvalue weighted by Gasteiger charge is 2.52. The summed E-state index contributed by atoms with van der Waals surface area (Å²) >= 11 is 0. The van der Waals surface area contributed by atoms with Gasteiger partial charge in [-0.1, -0.05) is 20.8 Å². The van der Waals surface area contributed by atoms with E-state index in [-0.39, 0.29) is 0 Å². The third kappa shape index (κ3) is 2.18. The minimum absolute atomic E-state index is 0.520. The summed E-state index contributed by atoms with van der Waals surface area (Å²) in [5, 5.41) is 8.67. The van der Waals surface area contributed by atoms with E-state index in [4.69, 9.17) is 5.26 Å². The van der Waals surface area contributed by atoms with Crippen LogP contribution in [0.5, 0.6) is 0 Å². The molecule has 2 aliphatic rings. The first-order chi connectivity index (χ1) is 6.94. The molecule has 2 bridgehead atoms. The zero-order chi connectivity index (χ0) is 11.1. The van der Waals surface area contributed by atoms with Gasteiger partial charge in [-0.25, -0.2) is 0 Å². The number of hydrogen-bond acceptors (Lipinski definition) is 1. The van der Waals surface area contributed by atoms with Gasteiger partial charge in [-0.2, -0.15) is 5.26 Å². The van der Waals surface area contributed by atoms with Gasteiger partial charge in [0.25, 0.3) is 0 Å². The number of rotatable bonds is 2. The van der Waals surface area contributed by atoms with Crippen molar-refractivity contribution < 1.29 is 4.90 Å². The van der Waals surface area contributed by atoms with Crippen molar-refractivity contribution in [3.05, 3.63) is 0 Å². The predicted molar refractivity (Wildman–Crippen MR) is 60.5 cm³/mol. The summed E-state index contributed by atoms with van der Waals surface area (Å²) < 4.78 is 0. The van der Waals surface area contributed by atoms with E-state index in [1.165, 1.54) is 25.8 Å². The molecule has 1 heterocycles. The quantitative estimate of drug-likeness (QED) is 0.728. The van der Waals surface area contributed by atoms with E-state index in [1.54, 1.807) is 4.90 Å². The van der Waals surface area contributed by atoms with Crippen LogP contribution in [0.25, 0.3) is 0 Å². The molecule has 2 nitrogen and oxygen atoms in total. The Balaban J connectivity index is 2.07. The zero-order valence-electron chi connectivity index (χ0n) is 10.3. The summed E-state index contributed by atoms with van der Waals surface area (Å²) in [7, 11) is 0. The fourth-order valence-corrected chi connectivity index (χ4v) is 4.26. The van der Waals surface area contributed by atoms with Crippen LogP contribution in [0.1, 0.15) is 46.5 Å². The fourth-order valence-electron chi connectivity index (χ4n) is 4.26. The van der Waals surface area contributed by atoms with Crippen molar-refractivity contribution in [2.24, 2.45) is 10.8 Å². The van der Waals surface area contributed by atoms with Gasteiger partial charge in [0.2, 0.25) is 0 Å². The molecule has 0 radical (unpaired) electrons. The lowest BCUT2D eigenvalue weighted by Crippen LogP contribution is -3.14. The maximum atomic E-state index is 8.67. The first-order valence-corrected chi connectivity index (χ1v) is 6.16. The van der Waals surface area contributed by atoms with Crippen molar-refractivity contribution in [1.29, 1.82) is 5.26 Å². The zero-order valence-corrected chi connectivity index (χ0v) is 10.3. The van der Waals surface area contributed by atoms with Crippen LogP contribution in [0.15, 0.2) is 0 Å². The third-order valence-electron chi connectivity index (χ3n) is 4.23. The Kier molecular flexibility index (Phi) is 2.55. The lowest BCUT2D eigenvalue weighted by atomic mass is 9.65. The number of quaternary nitrogens is 1. The monoisotopic (exact) mass is 207 g/mol. The molecule has 2 fully saturated rings. The van der Waals surface area contributed by atoms with Crippen molar-refractivity contribution in [1.82, 2.24) is 0 Å². The molecule has 0 aromatic rings. The first-order valence-electron chi connectivity index (χ1n) is 6.16. The first kappa shape index (κ1) is 11.0. The molecule has 0 spiro atoms. The summed E-state index contributed by atoms with van der Waals surface area (Å²) in [6, 6.07) is 3.11. The normalized spacial score (nSPS) is 42.5. The van der Waals surface area contributed by atoms with Gasteiger partial charge in [0.15, 0.2) is 0 Å². The molecule has 1 unspecified atom stereocenters. The molecule has 1 aliphatic heterocycles. The molecule has 0 aromatic heterocycles. The molecule has 1 saturated carbocycles. The van der Waals surface area contributed by atoms with Gasteiger partial charge >= 0.3 is 0 Å². The molecule has 84 valence electrons. The van der Waals surface area contributed by atoms with Gasteiger partial charge < -0.3 is 4.90 Å². The lowest BCUT2D eigenvalue weighted by Gasteiger charge is -2.37. The second-order valence-electron chi connectivity index (χ2n) is 6.75. The molecule has 2 heteroatoms. The standard InChI is InChI=1S/C13H22N2/c1-12(2)7-11-8-13(3,9-12)10-15(11)6-4-5-14/h11H,4,6-10H2,1-3H3/p+1/t11-,13-/m1/s1. The van der Waals surface area contributed by atoms with Gasteiger partial charge in [-0.3, -0.25) is 0 Å². The molecule has 0 aromatic carbocycles. The Labute approximate surface area is 93.3 Å². The van der Waals surface area contributed by atoms with Crippen molar-refractivity contribution >= 4 is 0 Å². The van der Waals surface area contributed by atoms with Crippen LogP contribution in [0, 0.1) is 22.2 Å². The van der Waals surface area contributed by atoms with Gasteiger partial charge in [0.05, 0.1) is 31.6 Å². The highest BCUT2D eigenvalue weighted by atomic mass is 15.2. The Hall–Kier alpha value is -0.550. The molecule has 3 atom stereocenters. The molecular weight excluding hydrogens is 184 g/mol. The van der Waals surface area contributed by atoms with E-state index >= 15 is 0 Å². The molecule has 1 aliphatic carbocycles. The number of hydrogen-bond donors (Lipinski definition) is 1. The van der Waals surface area contributed by atoms with Crippen molar-refractivity contribution in [2.45, 2.75) is 52.5 Å². The summed E-state index contributed by atoms with van der Waals surface area (Å²) in [5.41, 5.74) is 1.07. The number of nitriles is 1. The largest absolute Gasteiger partial charge is 0.331 e. The van der Waals surface area contributed by atoms with E-state index in [2.05, 4.69) is 26.8 Å². The van der Waals surface area contributed by atoms with E-state index in [1.807, 2.05) is 0 Å². The van der Waals surface area contributed by atoms with E-state index < -0.39 is 0 Å². The van der Waals surface area contributed by atoms with Gasteiger partial charge in [0, 0.05) is 18.3 Å². The SMILES string of the molecule is CC1(C)C[C@@H]2C[C@@](C)(C[NH+]2CCC#N)C1. The summed E-state index contributed by atoms with van der Waals surface area (Å²) in [5.74, 6) is 0. The summed E-state index contributed by atoms with van der Waals surface area (Å²) in [6.45, 7) is 9.62. The van der Waals surface area contributed by atoms with Crippen LogP contribution in [0.4, 0.5) is 0 Å². The Morgan fingerprint density at radius 2 is 2.07 bits per heavy atom. The van der Waals surface area contributed by atoms with Gasteiger partial charge in [-0.15, -0.1) is 0 Å². The van der Waals surface area contributed by atoms with Crippen LogP contribution < -0.4 is 4.90 Å². The topological polar surface area (TPSA) is 28.2 Å². The van der Waals surface area contributed by atoms with Crippen LogP contribution >= 0.6 is 0 Å². The molecular formula is C13H23N2+. The van der Waals surface area contributed by atoms with Crippen LogP contribution in [-0.4, -0.2) is 19.1 Å². The van der Waals surface area contributed by atoms with E-state index in [9.17, 15) is 0 Å². The van der Waals surface area contributed by atoms with Crippen LogP contribution in [0.3, 0.4) is 0 Å². The van der Waals surface area contributed by atoms with Gasteiger partial charge in [-0.05, 0) is 11.8 Å². The average molecular weight is 207 g/mol. The molecule has 15 heavy (non-hydrogen) atoms. The third-order valence-corrected chi connectivity index (χ3v) is 4.23. The van der Waals surface area contributed by atoms with Crippen molar-refractivity contribution in [3.8, 4) is 6.07 Å². The number of fused-ring (bicyclic) bond motifs is 2. The maximum absolute atomic E-state index is 8.67. The summed E-state index contributed by atoms with van der Waals surface area (Å²) in [6.07, 6.45) is 4.83. The highest BCUT2D eigenvalue weighted by molar-refractivity contribution is 4.95. The Bertz CT molecular complexity index is 289. The Morgan fingerprint density at radius 1 is 1.33 bits per heavy atom. The minimum atomic E-state index is 0.520. The van der Waals surface area contributed by atoms with Crippen molar-refractivity contribution in [3.63, 3.8) is 0 Å². The minimum Gasteiger partial charge on any atom is -0.331 e. The molecule has 2 rings (SSSR count). The second-order valence-corrected chi connectivity index (χ2v) is 6.75. The number of nitrogens with zero attached hydrogens (tertiary/aromatic N) is 1. The predicted octanol–water partition coefficient (Wildman–Crippen LogP) is 1.38. The second kappa shape index (κ2) is 3.49. The molecule has 1 N–H and O–H groups in total. The fraction of sp³-hybridized carbons (Fsp3) is 0.923.